The topological polar surface area (TPSA) is 38.8 Å². The molecule has 0 aliphatic carbocycles. The van der Waals surface area contributed by atoms with Crippen LogP contribution in [0.5, 0.6) is 5.75 Å². The van der Waals surface area contributed by atoms with Crippen LogP contribution in [0.1, 0.15) is 10.4 Å². The van der Waals surface area contributed by atoms with Crippen LogP contribution in [-0.4, -0.2) is 31.7 Å². The van der Waals surface area contributed by atoms with Gasteiger partial charge in [0.1, 0.15) is 12.4 Å². The van der Waals surface area contributed by atoms with E-state index in [4.69, 9.17) is 9.57 Å². The van der Waals surface area contributed by atoms with Crippen LogP contribution in [0.15, 0.2) is 36.9 Å². The second-order valence-corrected chi connectivity index (χ2v) is 3.11. The number of carbonyl (C=O) groups is 1. The third kappa shape index (κ3) is 3.10. The fourth-order valence-corrected chi connectivity index (χ4v) is 1.14. The minimum absolute atomic E-state index is 0.216. The zero-order valence-corrected chi connectivity index (χ0v) is 9.47. The molecule has 0 atom stereocenters. The van der Waals surface area contributed by atoms with Crippen LogP contribution in [0, 0.1) is 0 Å². The van der Waals surface area contributed by atoms with Gasteiger partial charge in [0.2, 0.25) is 0 Å². The first kappa shape index (κ1) is 12.3. The van der Waals surface area contributed by atoms with E-state index in [1.807, 2.05) is 0 Å². The first-order valence-corrected chi connectivity index (χ1v) is 4.85. The largest absolute Gasteiger partial charge is 0.490 e. The molecule has 4 nitrogen and oxygen atoms in total. The van der Waals surface area contributed by atoms with E-state index in [1.165, 1.54) is 7.11 Å². The summed E-state index contributed by atoms with van der Waals surface area (Å²) in [5, 5.41) is 1.16. The lowest BCUT2D eigenvalue weighted by atomic mass is 10.2. The van der Waals surface area contributed by atoms with Crippen LogP contribution in [0.25, 0.3) is 0 Å². The predicted octanol–water partition coefficient (Wildman–Crippen LogP) is 1.88. The molecule has 4 heteroatoms. The van der Waals surface area contributed by atoms with Gasteiger partial charge in [-0.3, -0.25) is 9.63 Å². The highest BCUT2D eigenvalue weighted by atomic mass is 16.7. The number of rotatable bonds is 5. The quantitative estimate of drug-likeness (QED) is 0.563. The third-order valence-electron chi connectivity index (χ3n) is 2.01. The van der Waals surface area contributed by atoms with Crippen molar-refractivity contribution in [3.05, 3.63) is 42.5 Å². The Morgan fingerprint density at radius 1 is 1.56 bits per heavy atom. The second kappa shape index (κ2) is 5.92. The highest BCUT2D eigenvalue weighted by Crippen LogP contribution is 2.14. The van der Waals surface area contributed by atoms with E-state index in [2.05, 4.69) is 6.58 Å². The number of ether oxygens (including phenoxy) is 1. The molecule has 0 aliphatic rings. The molecule has 0 heterocycles. The molecule has 0 unspecified atom stereocenters. The fourth-order valence-electron chi connectivity index (χ4n) is 1.14. The minimum atomic E-state index is -0.216. The number of carbonyl (C=O) groups excluding carboxylic acids is 1. The van der Waals surface area contributed by atoms with Crippen molar-refractivity contribution in [3.8, 4) is 5.75 Å². The summed E-state index contributed by atoms with van der Waals surface area (Å²) in [5.74, 6) is 0.418. The van der Waals surface area contributed by atoms with Gasteiger partial charge < -0.3 is 4.74 Å². The van der Waals surface area contributed by atoms with Gasteiger partial charge in [0, 0.05) is 12.6 Å². The lowest BCUT2D eigenvalue weighted by molar-refractivity contribution is -0.0757. The summed E-state index contributed by atoms with van der Waals surface area (Å²) < 4.78 is 5.33. The van der Waals surface area contributed by atoms with Crippen molar-refractivity contribution in [3.63, 3.8) is 0 Å². The van der Waals surface area contributed by atoms with E-state index in [1.54, 1.807) is 37.4 Å². The lowest BCUT2D eigenvalue weighted by Gasteiger charge is -2.14. The van der Waals surface area contributed by atoms with Gasteiger partial charge in [-0.15, -0.1) is 0 Å². The van der Waals surface area contributed by atoms with Crippen molar-refractivity contribution in [1.29, 1.82) is 0 Å². The Hall–Kier alpha value is -1.81. The number of amides is 1. The van der Waals surface area contributed by atoms with Crippen LogP contribution in [-0.2, 0) is 4.84 Å². The summed E-state index contributed by atoms with van der Waals surface area (Å²) in [5.41, 5.74) is 0.519. The molecule has 0 radical (unpaired) electrons. The zero-order valence-electron chi connectivity index (χ0n) is 9.47. The van der Waals surface area contributed by atoms with Crippen LogP contribution >= 0.6 is 0 Å². The summed E-state index contributed by atoms with van der Waals surface area (Å²) >= 11 is 0. The Balaban J connectivity index is 2.81. The molecule has 0 spiro atoms. The van der Waals surface area contributed by atoms with Crippen molar-refractivity contribution < 1.29 is 14.4 Å². The van der Waals surface area contributed by atoms with Gasteiger partial charge in [0.05, 0.1) is 7.11 Å². The first-order valence-electron chi connectivity index (χ1n) is 4.85. The Morgan fingerprint density at radius 3 is 2.94 bits per heavy atom. The zero-order chi connectivity index (χ0) is 12.0. The van der Waals surface area contributed by atoms with Crippen LogP contribution in [0.2, 0.25) is 0 Å². The normalized spacial score (nSPS) is 9.62. The summed E-state index contributed by atoms with van der Waals surface area (Å²) in [6.45, 7) is 3.97. The van der Waals surface area contributed by atoms with Crippen LogP contribution < -0.4 is 4.74 Å². The number of hydroxylamine groups is 2. The predicted molar refractivity (Wildman–Crippen MR) is 61.2 cm³/mol. The molecule has 86 valence electrons. The second-order valence-electron chi connectivity index (χ2n) is 3.11. The van der Waals surface area contributed by atoms with Crippen LogP contribution in [0.4, 0.5) is 0 Å². The monoisotopic (exact) mass is 221 g/mol. The maximum absolute atomic E-state index is 11.7. The summed E-state index contributed by atoms with van der Waals surface area (Å²) in [6.07, 6.45) is 1.65. The van der Waals surface area contributed by atoms with Gasteiger partial charge in [-0.25, -0.2) is 5.06 Å². The lowest BCUT2D eigenvalue weighted by Crippen LogP contribution is -2.25. The molecule has 0 aromatic heterocycles. The van der Waals surface area contributed by atoms with Gasteiger partial charge in [0.15, 0.2) is 0 Å². The van der Waals surface area contributed by atoms with Crippen LogP contribution in [0.3, 0.4) is 0 Å². The van der Waals surface area contributed by atoms with Gasteiger partial charge in [-0.2, -0.15) is 0 Å². The fraction of sp³-hybridized carbons (Fsp3) is 0.250. The molecular weight excluding hydrogens is 206 g/mol. The Morgan fingerprint density at radius 2 is 2.31 bits per heavy atom. The summed E-state index contributed by atoms with van der Waals surface area (Å²) in [6, 6.07) is 6.92. The molecule has 1 amide bonds. The molecule has 0 aliphatic heterocycles. The van der Waals surface area contributed by atoms with Crippen molar-refractivity contribution in [2.45, 2.75) is 0 Å². The third-order valence-corrected chi connectivity index (χ3v) is 2.01. The SMILES string of the molecule is C=CCOc1cccc(C(=O)N(C)OC)c1. The number of benzene rings is 1. The number of hydrogen-bond acceptors (Lipinski definition) is 3. The highest BCUT2D eigenvalue weighted by Gasteiger charge is 2.11. The van der Waals surface area contributed by atoms with E-state index in [0.717, 1.165) is 5.06 Å². The van der Waals surface area contributed by atoms with E-state index in [9.17, 15) is 4.79 Å². The molecule has 0 saturated heterocycles. The van der Waals surface area contributed by atoms with Gasteiger partial charge in [0.25, 0.3) is 5.91 Å². The summed E-state index contributed by atoms with van der Waals surface area (Å²) in [7, 11) is 3.00. The molecule has 0 saturated carbocycles. The van der Waals surface area contributed by atoms with Gasteiger partial charge >= 0.3 is 0 Å². The van der Waals surface area contributed by atoms with Crippen molar-refractivity contribution in [2.75, 3.05) is 20.8 Å². The Kier molecular flexibility index (Phi) is 4.54. The van der Waals surface area contributed by atoms with Crippen molar-refractivity contribution >= 4 is 5.91 Å². The smallest absolute Gasteiger partial charge is 0.277 e. The van der Waals surface area contributed by atoms with Gasteiger partial charge in [-0.1, -0.05) is 18.7 Å². The average Bonchev–Trinajstić information content (AvgIpc) is 2.34. The maximum atomic E-state index is 11.7. The van der Waals surface area contributed by atoms with E-state index in [0.29, 0.717) is 17.9 Å². The van der Waals surface area contributed by atoms with Crippen molar-refractivity contribution in [1.82, 2.24) is 5.06 Å². The van der Waals surface area contributed by atoms with E-state index in [-0.39, 0.29) is 5.91 Å². The Bertz CT molecular complexity index is 376. The highest BCUT2D eigenvalue weighted by molar-refractivity contribution is 5.93. The van der Waals surface area contributed by atoms with E-state index >= 15 is 0 Å². The summed E-state index contributed by atoms with van der Waals surface area (Å²) in [4.78, 5) is 16.5. The van der Waals surface area contributed by atoms with E-state index < -0.39 is 0 Å². The van der Waals surface area contributed by atoms with Crippen molar-refractivity contribution in [2.24, 2.45) is 0 Å². The molecule has 0 N–H and O–H groups in total. The molecule has 0 bridgehead atoms. The molecule has 1 aromatic rings. The molecule has 16 heavy (non-hydrogen) atoms. The standard InChI is InChI=1S/C12H15NO3/c1-4-8-16-11-7-5-6-10(9-11)12(14)13(2)15-3/h4-7,9H,1,8H2,2-3H3. The first-order chi connectivity index (χ1) is 7.69. The maximum Gasteiger partial charge on any atom is 0.277 e. The molecule has 1 aromatic carbocycles. The van der Waals surface area contributed by atoms with Gasteiger partial charge in [-0.05, 0) is 18.2 Å². The average molecular weight is 221 g/mol. The number of nitrogens with zero attached hydrogens (tertiary/aromatic N) is 1. The Labute approximate surface area is 95.0 Å². The molecular formula is C12H15NO3. The molecule has 1 rings (SSSR count). The molecule has 0 fully saturated rings. The minimum Gasteiger partial charge on any atom is -0.490 e. The number of hydrogen-bond donors (Lipinski definition) is 0.